The number of likely N-dealkylation sites (tertiary alicyclic amines) is 1. The van der Waals surface area contributed by atoms with Gasteiger partial charge in [0.25, 0.3) is 0 Å². The predicted octanol–water partition coefficient (Wildman–Crippen LogP) is 1.81. The number of pyridine rings is 1. The zero-order chi connectivity index (χ0) is 11.5. The number of nitrogens with zero attached hydrogens (tertiary/aromatic N) is 2. The molecule has 0 amide bonds. The van der Waals surface area contributed by atoms with Gasteiger partial charge in [-0.2, -0.15) is 0 Å². The summed E-state index contributed by atoms with van der Waals surface area (Å²) in [4.78, 5) is 6.69. The van der Waals surface area contributed by atoms with Crippen molar-refractivity contribution in [2.75, 3.05) is 13.1 Å². The summed E-state index contributed by atoms with van der Waals surface area (Å²) in [6.45, 7) is 6.69. The molecule has 0 aromatic carbocycles. The van der Waals surface area contributed by atoms with Crippen LogP contribution in [0.15, 0.2) is 24.5 Å². The van der Waals surface area contributed by atoms with Gasteiger partial charge in [-0.05, 0) is 30.9 Å². The predicted molar refractivity (Wildman–Crippen MR) is 66.0 cm³/mol. The maximum absolute atomic E-state index is 6.04. The van der Waals surface area contributed by atoms with Crippen LogP contribution in [0.2, 0.25) is 0 Å². The molecule has 1 aromatic heterocycles. The SMILES string of the molecule is CC1CN(C(C)c2cccnc2)CCC1N. The highest BCUT2D eigenvalue weighted by atomic mass is 15.2. The van der Waals surface area contributed by atoms with Crippen LogP contribution in [0.5, 0.6) is 0 Å². The number of hydrogen-bond donors (Lipinski definition) is 1. The fourth-order valence-corrected chi connectivity index (χ4v) is 2.38. The number of nitrogens with two attached hydrogens (primary N) is 1. The summed E-state index contributed by atoms with van der Waals surface area (Å²) in [6.07, 6.45) is 4.89. The molecular formula is C13H21N3. The second-order valence-electron chi connectivity index (χ2n) is 4.89. The van der Waals surface area contributed by atoms with Gasteiger partial charge in [-0.1, -0.05) is 13.0 Å². The molecule has 16 heavy (non-hydrogen) atoms. The van der Waals surface area contributed by atoms with Crippen LogP contribution in [-0.2, 0) is 0 Å². The van der Waals surface area contributed by atoms with E-state index in [-0.39, 0.29) is 0 Å². The molecule has 0 bridgehead atoms. The van der Waals surface area contributed by atoms with E-state index in [0.717, 1.165) is 19.5 Å². The fourth-order valence-electron chi connectivity index (χ4n) is 2.38. The topological polar surface area (TPSA) is 42.2 Å². The first-order valence-electron chi connectivity index (χ1n) is 6.08. The second-order valence-corrected chi connectivity index (χ2v) is 4.89. The van der Waals surface area contributed by atoms with E-state index in [9.17, 15) is 0 Å². The summed E-state index contributed by atoms with van der Waals surface area (Å²) in [7, 11) is 0. The molecule has 1 fully saturated rings. The number of aromatic nitrogens is 1. The van der Waals surface area contributed by atoms with Gasteiger partial charge in [-0.3, -0.25) is 9.88 Å². The molecule has 2 rings (SSSR count). The van der Waals surface area contributed by atoms with Crippen LogP contribution in [0.3, 0.4) is 0 Å². The molecule has 0 radical (unpaired) electrons. The van der Waals surface area contributed by atoms with Gasteiger partial charge < -0.3 is 5.73 Å². The van der Waals surface area contributed by atoms with Crippen molar-refractivity contribution in [3.63, 3.8) is 0 Å². The molecule has 2 N–H and O–H groups in total. The minimum atomic E-state index is 0.373. The summed E-state index contributed by atoms with van der Waals surface area (Å²) in [5.41, 5.74) is 7.34. The zero-order valence-corrected chi connectivity index (χ0v) is 10.1. The average molecular weight is 219 g/mol. The maximum atomic E-state index is 6.04. The zero-order valence-electron chi connectivity index (χ0n) is 10.1. The van der Waals surface area contributed by atoms with E-state index in [1.165, 1.54) is 5.56 Å². The quantitative estimate of drug-likeness (QED) is 0.825. The smallest absolute Gasteiger partial charge is 0.0335 e. The Morgan fingerprint density at radius 1 is 1.56 bits per heavy atom. The van der Waals surface area contributed by atoms with Gasteiger partial charge in [0.15, 0.2) is 0 Å². The van der Waals surface area contributed by atoms with Gasteiger partial charge in [0.05, 0.1) is 0 Å². The van der Waals surface area contributed by atoms with Gasteiger partial charge in [-0.15, -0.1) is 0 Å². The molecule has 1 aliphatic rings. The van der Waals surface area contributed by atoms with E-state index in [1.807, 2.05) is 18.5 Å². The average Bonchev–Trinajstić information content (AvgIpc) is 2.33. The molecule has 1 aromatic rings. The minimum Gasteiger partial charge on any atom is -0.327 e. The lowest BCUT2D eigenvalue weighted by atomic mass is 9.93. The molecule has 3 nitrogen and oxygen atoms in total. The normalized spacial score (nSPS) is 28.9. The molecule has 3 heteroatoms. The fraction of sp³-hybridized carbons (Fsp3) is 0.615. The molecule has 1 saturated heterocycles. The molecule has 0 spiro atoms. The van der Waals surface area contributed by atoms with Crippen LogP contribution in [-0.4, -0.2) is 29.0 Å². The summed E-state index contributed by atoms with van der Waals surface area (Å²) >= 11 is 0. The van der Waals surface area contributed by atoms with Crippen molar-refractivity contribution in [3.8, 4) is 0 Å². The Morgan fingerprint density at radius 2 is 2.38 bits per heavy atom. The summed E-state index contributed by atoms with van der Waals surface area (Å²) in [6, 6.07) is 4.97. The van der Waals surface area contributed by atoms with E-state index in [1.54, 1.807) is 0 Å². The third-order valence-corrected chi connectivity index (χ3v) is 3.72. The lowest BCUT2D eigenvalue weighted by Gasteiger charge is -2.38. The Labute approximate surface area is 97.7 Å². The molecular weight excluding hydrogens is 198 g/mol. The van der Waals surface area contributed by atoms with Crippen LogP contribution in [0.4, 0.5) is 0 Å². The van der Waals surface area contributed by atoms with Crippen molar-refractivity contribution in [1.29, 1.82) is 0 Å². The Hall–Kier alpha value is -0.930. The van der Waals surface area contributed by atoms with E-state index < -0.39 is 0 Å². The van der Waals surface area contributed by atoms with E-state index in [0.29, 0.717) is 18.0 Å². The van der Waals surface area contributed by atoms with Crippen molar-refractivity contribution in [1.82, 2.24) is 9.88 Å². The lowest BCUT2D eigenvalue weighted by molar-refractivity contribution is 0.124. The van der Waals surface area contributed by atoms with Crippen molar-refractivity contribution in [3.05, 3.63) is 30.1 Å². The van der Waals surface area contributed by atoms with Crippen LogP contribution < -0.4 is 5.73 Å². The largest absolute Gasteiger partial charge is 0.327 e. The van der Waals surface area contributed by atoms with Gasteiger partial charge in [0.2, 0.25) is 0 Å². The maximum Gasteiger partial charge on any atom is 0.0335 e. The van der Waals surface area contributed by atoms with Crippen LogP contribution in [0, 0.1) is 5.92 Å². The van der Waals surface area contributed by atoms with Crippen molar-refractivity contribution in [2.24, 2.45) is 11.7 Å². The van der Waals surface area contributed by atoms with Crippen LogP contribution in [0.25, 0.3) is 0 Å². The molecule has 3 unspecified atom stereocenters. The van der Waals surface area contributed by atoms with Crippen LogP contribution >= 0.6 is 0 Å². The Balaban J connectivity index is 2.03. The monoisotopic (exact) mass is 219 g/mol. The van der Waals surface area contributed by atoms with Gasteiger partial charge >= 0.3 is 0 Å². The highest BCUT2D eigenvalue weighted by molar-refractivity contribution is 5.13. The Morgan fingerprint density at radius 3 is 3.00 bits per heavy atom. The molecule has 0 saturated carbocycles. The number of piperidine rings is 1. The summed E-state index contributed by atoms with van der Waals surface area (Å²) in [5.74, 6) is 0.591. The molecule has 2 heterocycles. The van der Waals surface area contributed by atoms with E-state index in [2.05, 4.69) is 29.8 Å². The summed E-state index contributed by atoms with van der Waals surface area (Å²) < 4.78 is 0. The highest BCUT2D eigenvalue weighted by Gasteiger charge is 2.26. The highest BCUT2D eigenvalue weighted by Crippen LogP contribution is 2.25. The Bertz CT molecular complexity index is 325. The van der Waals surface area contributed by atoms with Crippen molar-refractivity contribution >= 4 is 0 Å². The number of rotatable bonds is 2. The first-order chi connectivity index (χ1) is 7.68. The standard InChI is InChI=1S/C13H21N3/c1-10-9-16(7-5-13(10)14)11(2)12-4-3-6-15-8-12/h3-4,6,8,10-11,13H,5,7,9,14H2,1-2H3. The van der Waals surface area contributed by atoms with E-state index in [4.69, 9.17) is 5.73 Å². The first-order valence-corrected chi connectivity index (χ1v) is 6.08. The third kappa shape index (κ3) is 2.42. The Kier molecular flexibility index (Phi) is 3.56. The molecule has 0 aliphatic carbocycles. The van der Waals surface area contributed by atoms with Gasteiger partial charge in [-0.25, -0.2) is 0 Å². The summed E-state index contributed by atoms with van der Waals surface area (Å²) in [5, 5.41) is 0. The van der Waals surface area contributed by atoms with Gasteiger partial charge in [0.1, 0.15) is 0 Å². The van der Waals surface area contributed by atoms with Crippen molar-refractivity contribution in [2.45, 2.75) is 32.4 Å². The lowest BCUT2D eigenvalue weighted by Crippen LogP contribution is -2.46. The second kappa shape index (κ2) is 4.93. The van der Waals surface area contributed by atoms with Crippen molar-refractivity contribution < 1.29 is 0 Å². The molecule has 1 aliphatic heterocycles. The van der Waals surface area contributed by atoms with E-state index >= 15 is 0 Å². The number of hydrogen-bond acceptors (Lipinski definition) is 3. The third-order valence-electron chi connectivity index (χ3n) is 3.72. The van der Waals surface area contributed by atoms with Gasteiger partial charge in [0, 0.05) is 37.6 Å². The minimum absolute atomic E-state index is 0.373. The first kappa shape index (κ1) is 11.6. The molecule has 88 valence electrons. The van der Waals surface area contributed by atoms with Crippen LogP contribution in [0.1, 0.15) is 31.9 Å². The molecule has 3 atom stereocenters.